The SMILES string of the molecule is C=C(C)C(=O)OCO[Si](CCCCl)(OC)OC. The van der Waals surface area contributed by atoms with Gasteiger partial charge in [0.2, 0.25) is 0 Å². The Kier molecular flexibility index (Phi) is 8.45. The molecule has 0 amide bonds. The van der Waals surface area contributed by atoms with Crippen molar-refractivity contribution < 1.29 is 22.8 Å². The van der Waals surface area contributed by atoms with Crippen LogP contribution in [0, 0.1) is 0 Å². The van der Waals surface area contributed by atoms with Crippen LogP contribution in [-0.2, 0) is 22.8 Å². The van der Waals surface area contributed by atoms with Gasteiger partial charge in [-0.1, -0.05) is 6.58 Å². The Morgan fingerprint density at radius 2 is 1.94 bits per heavy atom. The highest BCUT2D eigenvalue weighted by atomic mass is 35.5. The zero-order chi connectivity index (χ0) is 13.3. The molecule has 0 aliphatic carbocycles. The predicted octanol–water partition coefficient (Wildman–Crippen LogP) is 1.94. The maximum absolute atomic E-state index is 11.1. The molecular formula is C10H19ClO5Si. The van der Waals surface area contributed by atoms with E-state index < -0.39 is 14.8 Å². The molecule has 17 heavy (non-hydrogen) atoms. The van der Waals surface area contributed by atoms with Crippen molar-refractivity contribution in [2.75, 3.05) is 26.9 Å². The van der Waals surface area contributed by atoms with Crippen molar-refractivity contribution in [1.29, 1.82) is 0 Å². The molecular weight excluding hydrogens is 264 g/mol. The highest BCUT2D eigenvalue weighted by Gasteiger charge is 2.38. The first-order valence-electron chi connectivity index (χ1n) is 5.14. The predicted molar refractivity (Wildman–Crippen MR) is 66.8 cm³/mol. The number of halogens is 1. The largest absolute Gasteiger partial charge is 0.502 e. The summed E-state index contributed by atoms with van der Waals surface area (Å²) in [7, 11) is 0.252. The number of ether oxygens (including phenoxy) is 1. The van der Waals surface area contributed by atoms with Crippen molar-refractivity contribution in [3.63, 3.8) is 0 Å². The fourth-order valence-corrected chi connectivity index (χ4v) is 3.22. The Bertz CT molecular complexity index is 255. The minimum absolute atomic E-state index is 0.206. The van der Waals surface area contributed by atoms with Gasteiger partial charge in [-0.05, 0) is 13.3 Å². The quantitative estimate of drug-likeness (QED) is 0.213. The van der Waals surface area contributed by atoms with Crippen LogP contribution in [0.3, 0.4) is 0 Å². The lowest BCUT2D eigenvalue weighted by Crippen LogP contribution is -2.44. The summed E-state index contributed by atoms with van der Waals surface area (Å²) < 4.78 is 20.7. The summed E-state index contributed by atoms with van der Waals surface area (Å²) in [6.45, 7) is 4.82. The third kappa shape index (κ3) is 6.18. The average molecular weight is 283 g/mol. The van der Waals surface area contributed by atoms with Gasteiger partial charge >= 0.3 is 14.8 Å². The molecule has 0 unspecified atom stereocenters. The van der Waals surface area contributed by atoms with E-state index in [-0.39, 0.29) is 6.79 Å². The summed E-state index contributed by atoms with van der Waals surface area (Å²) in [5.41, 5.74) is 0.316. The minimum atomic E-state index is -2.76. The number of carbonyl (C=O) groups excluding carboxylic acids is 1. The molecule has 0 aromatic heterocycles. The molecule has 0 saturated carbocycles. The van der Waals surface area contributed by atoms with Crippen molar-refractivity contribution in [3.05, 3.63) is 12.2 Å². The van der Waals surface area contributed by atoms with Gasteiger partial charge in [0.25, 0.3) is 0 Å². The third-order valence-electron chi connectivity index (χ3n) is 2.06. The summed E-state index contributed by atoms with van der Waals surface area (Å²) >= 11 is 5.61. The molecule has 0 saturated heterocycles. The molecule has 7 heteroatoms. The highest BCUT2D eigenvalue weighted by molar-refractivity contribution is 6.60. The summed E-state index contributed by atoms with van der Waals surface area (Å²) in [5, 5.41) is 0. The molecule has 0 fully saturated rings. The van der Waals surface area contributed by atoms with E-state index in [4.69, 9.17) is 29.6 Å². The first-order valence-corrected chi connectivity index (χ1v) is 7.61. The number of hydrogen-bond donors (Lipinski definition) is 0. The second-order valence-electron chi connectivity index (χ2n) is 3.36. The van der Waals surface area contributed by atoms with E-state index in [1.54, 1.807) is 6.92 Å². The Balaban J connectivity index is 4.16. The Labute approximate surface area is 108 Å². The summed E-state index contributed by atoms with van der Waals surface area (Å²) in [6, 6.07) is 0.578. The van der Waals surface area contributed by atoms with Crippen molar-refractivity contribution in [2.45, 2.75) is 19.4 Å². The molecule has 5 nitrogen and oxygen atoms in total. The number of carbonyl (C=O) groups is 1. The van der Waals surface area contributed by atoms with Crippen molar-refractivity contribution in [2.24, 2.45) is 0 Å². The molecule has 0 aromatic carbocycles. The number of esters is 1. The maximum atomic E-state index is 11.1. The lowest BCUT2D eigenvalue weighted by molar-refractivity contribution is -0.147. The Hall–Kier alpha value is -0.403. The van der Waals surface area contributed by atoms with Gasteiger partial charge in [-0.25, -0.2) is 4.79 Å². The van der Waals surface area contributed by atoms with Gasteiger partial charge in [0, 0.05) is 31.7 Å². The molecule has 0 radical (unpaired) electrons. The topological polar surface area (TPSA) is 54.0 Å². The average Bonchev–Trinajstić information content (AvgIpc) is 2.33. The maximum Gasteiger partial charge on any atom is 0.502 e. The van der Waals surface area contributed by atoms with E-state index in [1.165, 1.54) is 14.2 Å². The number of rotatable bonds is 9. The number of hydrogen-bond acceptors (Lipinski definition) is 5. The van der Waals surface area contributed by atoms with E-state index in [2.05, 4.69) is 6.58 Å². The van der Waals surface area contributed by atoms with E-state index >= 15 is 0 Å². The highest BCUT2D eigenvalue weighted by Crippen LogP contribution is 2.16. The van der Waals surface area contributed by atoms with Gasteiger partial charge in [-0.3, -0.25) is 0 Å². The van der Waals surface area contributed by atoms with Crippen molar-refractivity contribution in [1.82, 2.24) is 0 Å². The van der Waals surface area contributed by atoms with E-state index in [0.29, 0.717) is 23.9 Å². The zero-order valence-electron chi connectivity index (χ0n) is 10.5. The number of alkyl halides is 1. The second kappa shape index (κ2) is 8.65. The van der Waals surface area contributed by atoms with Crippen LogP contribution in [0.4, 0.5) is 0 Å². The van der Waals surface area contributed by atoms with Gasteiger partial charge in [0.15, 0.2) is 6.79 Å². The fraction of sp³-hybridized carbons (Fsp3) is 0.700. The van der Waals surface area contributed by atoms with Crippen LogP contribution in [0.5, 0.6) is 0 Å². The van der Waals surface area contributed by atoms with Crippen LogP contribution in [0.15, 0.2) is 12.2 Å². The monoisotopic (exact) mass is 282 g/mol. The van der Waals surface area contributed by atoms with Gasteiger partial charge in [-0.15, -0.1) is 11.6 Å². The fourth-order valence-electron chi connectivity index (χ4n) is 1.06. The molecule has 0 rings (SSSR count). The smallest absolute Gasteiger partial charge is 0.436 e. The van der Waals surface area contributed by atoms with E-state index in [0.717, 1.165) is 0 Å². The second-order valence-corrected chi connectivity index (χ2v) is 6.71. The molecule has 100 valence electrons. The standard InChI is InChI=1S/C10H19ClO5Si/c1-9(2)10(12)15-8-16-17(13-3,14-4)7-5-6-11/h1,5-8H2,2-4H3. The van der Waals surface area contributed by atoms with E-state index in [9.17, 15) is 4.79 Å². The molecule has 0 atom stereocenters. The zero-order valence-corrected chi connectivity index (χ0v) is 12.2. The van der Waals surface area contributed by atoms with Crippen LogP contribution < -0.4 is 0 Å². The third-order valence-corrected chi connectivity index (χ3v) is 5.09. The summed E-state index contributed by atoms with van der Waals surface area (Å²) in [4.78, 5) is 11.1. The van der Waals surface area contributed by atoms with Crippen LogP contribution >= 0.6 is 11.6 Å². The minimum Gasteiger partial charge on any atom is -0.436 e. The lowest BCUT2D eigenvalue weighted by Gasteiger charge is -2.25. The molecule has 0 bridgehead atoms. The first-order chi connectivity index (χ1) is 8.01. The molecule has 0 N–H and O–H groups in total. The van der Waals surface area contributed by atoms with Crippen LogP contribution in [0.2, 0.25) is 6.04 Å². The molecule has 0 spiro atoms. The first kappa shape index (κ1) is 16.6. The molecule has 0 aliphatic heterocycles. The molecule has 0 aromatic rings. The summed E-state index contributed by atoms with van der Waals surface area (Å²) in [6.07, 6.45) is 0.712. The van der Waals surface area contributed by atoms with Gasteiger partial charge < -0.3 is 18.0 Å². The molecule has 0 aliphatic rings. The Morgan fingerprint density at radius 1 is 1.35 bits per heavy atom. The van der Waals surface area contributed by atoms with Crippen LogP contribution in [-0.4, -0.2) is 41.7 Å². The van der Waals surface area contributed by atoms with Crippen molar-refractivity contribution >= 4 is 26.4 Å². The van der Waals surface area contributed by atoms with Gasteiger partial charge in [-0.2, -0.15) is 0 Å². The van der Waals surface area contributed by atoms with Crippen molar-refractivity contribution in [3.8, 4) is 0 Å². The summed E-state index contributed by atoms with van der Waals surface area (Å²) in [5.74, 6) is -0.00595. The van der Waals surface area contributed by atoms with Crippen LogP contribution in [0.1, 0.15) is 13.3 Å². The normalized spacial score (nSPS) is 11.3. The van der Waals surface area contributed by atoms with Gasteiger partial charge in [0.05, 0.1) is 0 Å². The van der Waals surface area contributed by atoms with Crippen LogP contribution in [0.25, 0.3) is 0 Å². The van der Waals surface area contributed by atoms with Gasteiger partial charge in [0.1, 0.15) is 0 Å². The molecule has 0 heterocycles. The van der Waals surface area contributed by atoms with E-state index in [1.807, 2.05) is 0 Å². The Morgan fingerprint density at radius 3 is 2.35 bits per heavy atom. The lowest BCUT2D eigenvalue weighted by atomic mass is 10.4.